The number of carboxylic acid groups (broad SMARTS) is 1. The highest BCUT2D eigenvalue weighted by molar-refractivity contribution is 7.89. The number of carbonyl (C=O) groups is 1. The molecule has 0 amide bonds. The number of nitrogens with zero attached hydrogens (tertiary/aromatic N) is 1. The first kappa shape index (κ1) is 16.4. The van der Waals surface area contributed by atoms with Crippen LogP contribution in [-0.2, 0) is 14.8 Å². The topological polar surface area (TPSA) is 94.9 Å². The Morgan fingerprint density at radius 3 is 2.60 bits per heavy atom. The van der Waals surface area contributed by atoms with E-state index in [4.69, 9.17) is 10.2 Å². The molecule has 1 rings (SSSR count). The van der Waals surface area contributed by atoms with Crippen LogP contribution in [0.1, 0.15) is 11.1 Å². The van der Waals surface area contributed by atoms with Crippen LogP contribution >= 0.6 is 0 Å². The number of aliphatic carboxylic acids is 1. The van der Waals surface area contributed by atoms with Gasteiger partial charge in [-0.05, 0) is 30.2 Å². The van der Waals surface area contributed by atoms with Gasteiger partial charge in [-0.3, -0.25) is 0 Å². The molecule has 1 aromatic carbocycles. The molecule has 0 heterocycles. The van der Waals surface area contributed by atoms with Crippen molar-refractivity contribution in [3.63, 3.8) is 0 Å². The molecule has 7 heteroatoms. The fourth-order valence-electron chi connectivity index (χ4n) is 1.59. The van der Waals surface area contributed by atoms with E-state index in [1.807, 2.05) is 0 Å². The molecule has 0 radical (unpaired) electrons. The molecular weight excluding hydrogens is 282 g/mol. The SMILES string of the molecule is Cc1ccc(/C=C/C(=O)O)cc1S(=O)(=O)N(C)CCO. The van der Waals surface area contributed by atoms with Crippen LogP contribution in [0.2, 0.25) is 0 Å². The van der Waals surface area contributed by atoms with Gasteiger partial charge in [0.1, 0.15) is 0 Å². The van der Waals surface area contributed by atoms with Crippen molar-refractivity contribution in [1.29, 1.82) is 0 Å². The minimum Gasteiger partial charge on any atom is -0.478 e. The van der Waals surface area contributed by atoms with Crippen LogP contribution in [0, 0.1) is 6.92 Å². The summed E-state index contributed by atoms with van der Waals surface area (Å²) in [5, 5.41) is 17.4. The third kappa shape index (κ3) is 3.89. The molecule has 0 spiro atoms. The Hall–Kier alpha value is -1.70. The van der Waals surface area contributed by atoms with Gasteiger partial charge in [0.15, 0.2) is 0 Å². The Bertz CT molecular complexity index is 622. The van der Waals surface area contributed by atoms with E-state index in [2.05, 4.69) is 0 Å². The molecule has 0 aliphatic heterocycles. The first-order valence-corrected chi connectivity index (χ1v) is 7.32. The number of hydrogen-bond acceptors (Lipinski definition) is 4. The molecule has 0 bridgehead atoms. The van der Waals surface area contributed by atoms with Crippen LogP contribution in [0.25, 0.3) is 6.08 Å². The van der Waals surface area contributed by atoms with Crippen LogP contribution in [-0.4, -0.2) is 49.1 Å². The molecule has 0 atom stereocenters. The second kappa shape index (κ2) is 6.65. The first-order valence-electron chi connectivity index (χ1n) is 5.88. The van der Waals surface area contributed by atoms with Crippen molar-refractivity contribution in [2.24, 2.45) is 0 Å². The van der Waals surface area contributed by atoms with E-state index >= 15 is 0 Å². The summed E-state index contributed by atoms with van der Waals surface area (Å²) in [6, 6.07) is 4.67. The molecule has 0 aromatic heterocycles. The second-order valence-corrected chi connectivity index (χ2v) is 6.26. The summed E-state index contributed by atoms with van der Waals surface area (Å²) in [6.07, 6.45) is 2.27. The standard InChI is InChI=1S/C13H17NO5S/c1-10-3-4-11(5-6-13(16)17)9-12(10)20(18,19)14(2)7-8-15/h3-6,9,15H,7-8H2,1-2H3,(H,16,17)/b6-5+. The van der Waals surface area contributed by atoms with Gasteiger partial charge in [-0.15, -0.1) is 0 Å². The molecule has 2 N–H and O–H groups in total. The first-order chi connectivity index (χ1) is 9.28. The van der Waals surface area contributed by atoms with E-state index in [1.165, 1.54) is 19.2 Å². The molecule has 0 unspecified atom stereocenters. The summed E-state index contributed by atoms with van der Waals surface area (Å²) in [7, 11) is -2.32. The molecule has 0 saturated heterocycles. The van der Waals surface area contributed by atoms with Gasteiger partial charge in [0.25, 0.3) is 0 Å². The van der Waals surface area contributed by atoms with Crippen molar-refractivity contribution >= 4 is 22.1 Å². The number of aliphatic hydroxyl groups excluding tert-OH is 1. The average molecular weight is 299 g/mol. The zero-order valence-electron chi connectivity index (χ0n) is 11.3. The molecule has 20 heavy (non-hydrogen) atoms. The molecule has 0 aliphatic rings. The van der Waals surface area contributed by atoms with E-state index in [-0.39, 0.29) is 18.0 Å². The van der Waals surface area contributed by atoms with Crippen LogP contribution in [0.15, 0.2) is 29.2 Å². The van der Waals surface area contributed by atoms with Crippen LogP contribution in [0.5, 0.6) is 0 Å². The summed E-state index contributed by atoms with van der Waals surface area (Å²) in [5.74, 6) is -1.10. The maximum atomic E-state index is 12.3. The third-order valence-electron chi connectivity index (χ3n) is 2.73. The molecule has 0 fully saturated rings. The fourth-order valence-corrected chi connectivity index (χ4v) is 3.01. The van der Waals surface area contributed by atoms with Gasteiger partial charge in [0.2, 0.25) is 10.0 Å². The fraction of sp³-hybridized carbons (Fsp3) is 0.308. The number of aryl methyl sites for hydroxylation is 1. The number of aliphatic hydroxyl groups is 1. The van der Waals surface area contributed by atoms with Gasteiger partial charge < -0.3 is 10.2 Å². The maximum absolute atomic E-state index is 12.3. The van der Waals surface area contributed by atoms with E-state index in [9.17, 15) is 13.2 Å². The van der Waals surface area contributed by atoms with Gasteiger partial charge in [-0.1, -0.05) is 12.1 Å². The van der Waals surface area contributed by atoms with E-state index in [0.29, 0.717) is 11.1 Å². The molecule has 0 aliphatic carbocycles. The van der Waals surface area contributed by atoms with Gasteiger partial charge in [0, 0.05) is 19.7 Å². The predicted molar refractivity (Wildman–Crippen MR) is 74.8 cm³/mol. The van der Waals surface area contributed by atoms with Crippen LogP contribution < -0.4 is 0 Å². The Kier molecular flexibility index (Phi) is 5.43. The van der Waals surface area contributed by atoms with Crippen molar-refractivity contribution in [1.82, 2.24) is 4.31 Å². The van der Waals surface area contributed by atoms with E-state index in [1.54, 1.807) is 19.1 Å². The summed E-state index contributed by atoms with van der Waals surface area (Å²) < 4.78 is 25.7. The van der Waals surface area contributed by atoms with Crippen LogP contribution in [0.3, 0.4) is 0 Å². The Morgan fingerprint density at radius 1 is 1.40 bits per heavy atom. The smallest absolute Gasteiger partial charge is 0.328 e. The minimum absolute atomic E-state index is 0.00301. The molecule has 1 aromatic rings. The van der Waals surface area contributed by atoms with Gasteiger partial charge in [-0.25, -0.2) is 13.2 Å². The number of carboxylic acids is 1. The van der Waals surface area contributed by atoms with Crippen molar-refractivity contribution < 1.29 is 23.4 Å². The Labute approximate surface area is 118 Å². The highest BCUT2D eigenvalue weighted by Gasteiger charge is 2.22. The highest BCUT2D eigenvalue weighted by atomic mass is 32.2. The van der Waals surface area contributed by atoms with E-state index in [0.717, 1.165) is 10.4 Å². The van der Waals surface area contributed by atoms with Crippen LogP contribution in [0.4, 0.5) is 0 Å². The van der Waals surface area contributed by atoms with Crippen molar-refractivity contribution in [3.8, 4) is 0 Å². The maximum Gasteiger partial charge on any atom is 0.328 e. The zero-order chi connectivity index (χ0) is 15.3. The lowest BCUT2D eigenvalue weighted by Gasteiger charge is -2.17. The molecule has 6 nitrogen and oxygen atoms in total. The van der Waals surface area contributed by atoms with Gasteiger partial charge >= 0.3 is 5.97 Å². The third-order valence-corrected chi connectivity index (χ3v) is 4.73. The minimum atomic E-state index is -3.70. The summed E-state index contributed by atoms with van der Waals surface area (Å²) in [5.41, 5.74) is 1.04. The predicted octanol–water partition coefficient (Wildman–Crippen LogP) is 0.706. The lowest BCUT2D eigenvalue weighted by Crippen LogP contribution is -2.30. The lowest BCUT2D eigenvalue weighted by atomic mass is 10.1. The van der Waals surface area contributed by atoms with Gasteiger partial charge in [-0.2, -0.15) is 4.31 Å². The second-order valence-electron chi connectivity index (χ2n) is 4.25. The highest BCUT2D eigenvalue weighted by Crippen LogP contribution is 2.21. The number of hydrogen-bond donors (Lipinski definition) is 2. The zero-order valence-corrected chi connectivity index (χ0v) is 12.1. The number of likely N-dealkylation sites (N-methyl/N-ethyl adjacent to an activating group) is 1. The largest absolute Gasteiger partial charge is 0.478 e. The van der Waals surface area contributed by atoms with Crippen molar-refractivity contribution in [2.45, 2.75) is 11.8 Å². The quantitative estimate of drug-likeness (QED) is 0.754. The molecule has 110 valence electrons. The lowest BCUT2D eigenvalue weighted by molar-refractivity contribution is -0.131. The van der Waals surface area contributed by atoms with Gasteiger partial charge in [0.05, 0.1) is 11.5 Å². The summed E-state index contributed by atoms with van der Waals surface area (Å²) in [4.78, 5) is 10.6. The number of rotatable bonds is 6. The van der Waals surface area contributed by atoms with Crippen molar-refractivity contribution in [2.75, 3.05) is 20.2 Å². The summed E-state index contributed by atoms with van der Waals surface area (Å²) in [6.45, 7) is 1.38. The normalized spacial score (nSPS) is 12.2. The average Bonchev–Trinajstić information content (AvgIpc) is 2.37. The molecule has 0 saturated carbocycles. The van der Waals surface area contributed by atoms with E-state index < -0.39 is 16.0 Å². The molecular formula is C13H17NO5S. The summed E-state index contributed by atoms with van der Waals surface area (Å²) >= 11 is 0. The Balaban J connectivity index is 3.24. The monoisotopic (exact) mass is 299 g/mol. The number of sulfonamides is 1. The Morgan fingerprint density at radius 2 is 2.05 bits per heavy atom. The number of benzene rings is 1. The van der Waals surface area contributed by atoms with Crippen molar-refractivity contribution in [3.05, 3.63) is 35.4 Å².